The van der Waals surface area contributed by atoms with E-state index in [4.69, 9.17) is 23.2 Å². The Morgan fingerprint density at radius 2 is 2.00 bits per heavy atom. The van der Waals surface area contributed by atoms with Crippen LogP contribution in [0.5, 0.6) is 0 Å². The van der Waals surface area contributed by atoms with Gasteiger partial charge in [-0.15, -0.1) is 11.6 Å². The molecule has 21 heavy (non-hydrogen) atoms. The molecule has 3 nitrogen and oxygen atoms in total. The van der Waals surface area contributed by atoms with Gasteiger partial charge in [-0.3, -0.25) is 4.57 Å². The summed E-state index contributed by atoms with van der Waals surface area (Å²) in [6.45, 7) is 3.75. The molecule has 0 bridgehead atoms. The van der Waals surface area contributed by atoms with E-state index in [1.54, 1.807) is 16.8 Å². The van der Waals surface area contributed by atoms with Gasteiger partial charge in [0.1, 0.15) is 17.2 Å². The lowest BCUT2D eigenvalue weighted by Gasteiger charge is -2.10. The number of halogens is 3. The Morgan fingerprint density at radius 1 is 1.24 bits per heavy atom. The van der Waals surface area contributed by atoms with E-state index in [9.17, 15) is 4.39 Å². The summed E-state index contributed by atoms with van der Waals surface area (Å²) in [5.74, 6) is 0.186. The van der Waals surface area contributed by atoms with Crippen LogP contribution in [0.1, 0.15) is 23.7 Å². The lowest BCUT2D eigenvalue weighted by Crippen LogP contribution is -2.03. The zero-order valence-corrected chi connectivity index (χ0v) is 13.0. The highest BCUT2D eigenvalue weighted by Crippen LogP contribution is 2.29. The average Bonchev–Trinajstić information content (AvgIpc) is 2.76. The molecule has 0 radical (unpaired) electrons. The molecule has 0 saturated carbocycles. The van der Waals surface area contributed by atoms with Gasteiger partial charge in [-0.2, -0.15) is 0 Å². The summed E-state index contributed by atoms with van der Waals surface area (Å²) >= 11 is 12.2. The number of alkyl halides is 1. The van der Waals surface area contributed by atoms with Gasteiger partial charge in [0.2, 0.25) is 0 Å². The van der Waals surface area contributed by atoms with Gasteiger partial charge >= 0.3 is 0 Å². The molecule has 3 aromatic rings. The summed E-state index contributed by atoms with van der Waals surface area (Å²) in [5.41, 5.74) is 2.90. The Balaban J connectivity index is 2.36. The molecule has 0 fully saturated rings. The van der Waals surface area contributed by atoms with Gasteiger partial charge in [-0.05, 0) is 43.7 Å². The summed E-state index contributed by atoms with van der Waals surface area (Å²) in [6, 6.07) is 6.22. The predicted molar refractivity (Wildman–Crippen MR) is 82.8 cm³/mol. The van der Waals surface area contributed by atoms with Gasteiger partial charge in [-0.1, -0.05) is 11.6 Å². The van der Waals surface area contributed by atoms with E-state index in [2.05, 4.69) is 9.97 Å². The van der Waals surface area contributed by atoms with Crippen molar-refractivity contribution in [3.05, 3.63) is 52.7 Å². The number of rotatable bonds is 2. The van der Waals surface area contributed by atoms with E-state index < -0.39 is 5.82 Å². The Hall–Kier alpha value is -1.65. The van der Waals surface area contributed by atoms with E-state index in [0.717, 1.165) is 11.1 Å². The van der Waals surface area contributed by atoms with Crippen LogP contribution in [-0.2, 0) is 0 Å². The molecule has 0 aliphatic rings. The first-order chi connectivity index (χ1) is 9.95. The second-order valence-electron chi connectivity index (χ2n) is 4.90. The quantitative estimate of drug-likeness (QED) is 0.633. The van der Waals surface area contributed by atoms with E-state index in [0.29, 0.717) is 22.2 Å². The van der Waals surface area contributed by atoms with Crippen LogP contribution in [0.4, 0.5) is 4.39 Å². The molecule has 0 amide bonds. The van der Waals surface area contributed by atoms with Crippen molar-refractivity contribution in [1.29, 1.82) is 0 Å². The number of hydrogen-bond donors (Lipinski definition) is 0. The summed E-state index contributed by atoms with van der Waals surface area (Å²) in [4.78, 5) is 8.91. The van der Waals surface area contributed by atoms with Crippen LogP contribution in [0.2, 0.25) is 5.02 Å². The van der Waals surface area contributed by atoms with E-state index >= 15 is 0 Å². The highest BCUT2D eigenvalue weighted by atomic mass is 35.5. The van der Waals surface area contributed by atoms with E-state index in [1.807, 2.05) is 19.9 Å². The maximum absolute atomic E-state index is 13.6. The fraction of sp³-hybridized carbons (Fsp3) is 0.200. The van der Waals surface area contributed by atoms with Crippen molar-refractivity contribution in [2.45, 2.75) is 19.2 Å². The van der Waals surface area contributed by atoms with E-state index in [-0.39, 0.29) is 5.38 Å². The second kappa shape index (κ2) is 5.28. The average molecular weight is 324 g/mol. The lowest BCUT2D eigenvalue weighted by molar-refractivity contribution is 0.626. The third kappa shape index (κ3) is 2.61. The first-order valence-corrected chi connectivity index (χ1v) is 7.22. The number of aryl methyl sites for hydroxylation is 1. The smallest absolute Gasteiger partial charge is 0.164 e. The molecule has 0 N–H and O–H groups in total. The molecule has 0 aliphatic carbocycles. The Kier molecular flexibility index (Phi) is 3.59. The van der Waals surface area contributed by atoms with Crippen LogP contribution in [0.25, 0.3) is 16.9 Å². The third-order valence-corrected chi connectivity index (χ3v) is 3.53. The topological polar surface area (TPSA) is 30.7 Å². The first kappa shape index (κ1) is 14.3. The Labute approximate surface area is 131 Å². The molecule has 1 atom stereocenters. The summed E-state index contributed by atoms with van der Waals surface area (Å²) < 4.78 is 15.4. The van der Waals surface area contributed by atoms with Crippen molar-refractivity contribution in [3.63, 3.8) is 0 Å². The molecule has 0 saturated heterocycles. The van der Waals surface area contributed by atoms with Crippen molar-refractivity contribution in [2.24, 2.45) is 0 Å². The van der Waals surface area contributed by atoms with Crippen molar-refractivity contribution < 1.29 is 4.39 Å². The minimum atomic E-state index is -0.417. The zero-order chi connectivity index (χ0) is 15.1. The van der Waals surface area contributed by atoms with Crippen LogP contribution < -0.4 is 0 Å². The van der Waals surface area contributed by atoms with Crippen molar-refractivity contribution in [3.8, 4) is 5.69 Å². The fourth-order valence-corrected chi connectivity index (χ4v) is 2.64. The fourth-order valence-electron chi connectivity index (χ4n) is 2.27. The SMILES string of the molecule is Cc1cnc2c(c1)nc(C(C)Cl)n2-c1cc(F)cc(Cl)c1. The van der Waals surface area contributed by atoms with Crippen molar-refractivity contribution >= 4 is 34.4 Å². The lowest BCUT2D eigenvalue weighted by atomic mass is 10.3. The number of hydrogen-bond acceptors (Lipinski definition) is 2. The minimum Gasteiger partial charge on any atom is -0.279 e. The van der Waals surface area contributed by atoms with Crippen LogP contribution in [0, 0.1) is 12.7 Å². The van der Waals surface area contributed by atoms with Gasteiger partial charge < -0.3 is 0 Å². The normalized spacial score (nSPS) is 12.8. The first-order valence-electron chi connectivity index (χ1n) is 6.41. The maximum atomic E-state index is 13.6. The molecule has 1 aromatic carbocycles. The van der Waals surface area contributed by atoms with Gasteiger partial charge in [0, 0.05) is 11.2 Å². The van der Waals surface area contributed by atoms with Gasteiger partial charge in [0.15, 0.2) is 5.65 Å². The molecular formula is C15H12Cl2FN3. The number of fused-ring (bicyclic) bond motifs is 1. The Morgan fingerprint density at radius 3 is 2.67 bits per heavy atom. The molecular weight excluding hydrogens is 312 g/mol. The third-order valence-electron chi connectivity index (χ3n) is 3.12. The van der Waals surface area contributed by atoms with Crippen LogP contribution in [0.15, 0.2) is 30.5 Å². The monoisotopic (exact) mass is 323 g/mol. The summed E-state index contributed by atoms with van der Waals surface area (Å²) in [6.07, 6.45) is 1.74. The van der Waals surface area contributed by atoms with Gasteiger partial charge in [-0.25, -0.2) is 14.4 Å². The largest absolute Gasteiger partial charge is 0.279 e. The molecule has 2 aromatic heterocycles. The van der Waals surface area contributed by atoms with Crippen LogP contribution in [-0.4, -0.2) is 14.5 Å². The molecule has 1 unspecified atom stereocenters. The van der Waals surface area contributed by atoms with Crippen LogP contribution >= 0.6 is 23.2 Å². The van der Waals surface area contributed by atoms with Crippen molar-refractivity contribution in [2.75, 3.05) is 0 Å². The van der Waals surface area contributed by atoms with Gasteiger partial charge in [0.05, 0.1) is 11.1 Å². The van der Waals surface area contributed by atoms with Crippen molar-refractivity contribution in [1.82, 2.24) is 14.5 Å². The second-order valence-corrected chi connectivity index (χ2v) is 6.00. The highest BCUT2D eigenvalue weighted by Gasteiger charge is 2.18. The van der Waals surface area contributed by atoms with Crippen LogP contribution in [0.3, 0.4) is 0 Å². The minimum absolute atomic E-state index is 0.312. The standard InChI is InChI=1S/C15H12Cl2FN3/c1-8-3-13-15(19-7-8)21(14(20-13)9(2)16)12-5-10(17)4-11(18)6-12/h3-7,9H,1-2H3. The Bertz CT molecular complexity index is 807. The number of imidazole rings is 1. The summed E-state index contributed by atoms with van der Waals surface area (Å²) in [5, 5.41) is -0.0336. The maximum Gasteiger partial charge on any atom is 0.164 e. The zero-order valence-electron chi connectivity index (χ0n) is 11.4. The molecule has 2 heterocycles. The number of aromatic nitrogens is 3. The molecule has 3 rings (SSSR count). The molecule has 108 valence electrons. The highest BCUT2D eigenvalue weighted by molar-refractivity contribution is 6.30. The predicted octanol–water partition coefficient (Wildman–Crippen LogP) is 4.82. The molecule has 6 heteroatoms. The molecule has 0 aliphatic heterocycles. The number of nitrogens with zero attached hydrogens (tertiary/aromatic N) is 3. The van der Waals surface area contributed by atoms with E-state index in [1.165, 1.54) is 12.1 Å². The number of benzene rings is 1. The molecule has 0 spiro atoms. The van der Waals surface area contributed by atoms with Gasteiger partial charge in [0.25, 0.3) is 0 Å². The summed E-state index contributed by atoms with van der Waals surface area (Å²) in [7, 11) is 0. The number of pyridine rings is 1.